The molecule has 6 aromatic rings. The molecule has 0 aliphatic rings. The second-order valence-electron chi connectivity index (χ2n) is 7.29. The van der Waals surface area contributed by atoms with E-state index in [2.05, 4.69) is 20.4 Å². The van der Waals surface area contributed by atoms with Crippen LogP contribution in [0.25, 0.3) is 44.3 Å². The molecule has 0 amide bonds. The quantitative estimate of drug-likeness (QED) is 0.411. The van der Waals surface area contributed by atoms with E-state index in [4.69, 9.17) is 11.6 Å². The van der Waals surface area contributed by atoms with Crippen LogP contribution in [0.3, 0.4) is 0 Å². The van der Waals surface area contributed by atoms with Gasteiger partial charge in [-0.2, -0.15) is 0 Å². The van der Waals surface area contributed by atoms with E-state index in [1.165, 1.54) is 9.59 Å². The van der Waals surface area contributed by atoms with E-state index in [9.17, 15) is 5.11 Å². The first kappa shape index (κ1) is 18.5. The van der Waals surface area contributed by atoms with Crippen molar-refractivity contribution in [3.63, 3.8) is 0 Å². The van der Waals surface area contributed by atoms with Gasteiger partial charge < -0.3 is 5.11 Å². The third kappa shape index (κ3) is 2.91. The molecule has 2 aromatic heterocycles. The Kier molecular flexibility index (Phi) is 4.16. The predicted molar refractivity (Wildman–Crippen MR) is 123 cm³/mol. The van der Waals surface area contributed by atoms with E-state index in [1.54, 1.807) is 0 Å². The molecule has 0 aliphatic carbocycles. The van der Waals surface area contributed by atoms with E-state index in [0.717, 1.165) is 32.9 Å². The second kappa shape index (κ2) is 7.18. The van der Waals surface area contributed by atoms with Crippen molar-refractivity contribution in [1.82, 2.24) is 30.0 Å². The molecule has 0 unspecified atom stereocenters. The number of hydrogen-bond acceptors (Lipinski definition) is 5. The highest BCUT2D eigenvalue weighted by Gasteiger charge is 2.22. The predicted octanol–water partition coefficient (Wildman–Crippen LogP) is 5.18. The lowest BCUT2D eigenvalue weighted by Gasteiger charge is -2.04. The maximum absolute atomic E-state index is 10.6. The number of hydrogen-bond donors (Lipinski definition) is 1. The average molecular weight is 439 g/mol. The van der Waals surface area contributed by atoms with Gasteiger partial charge in [0, 0.05) is 10.8 Å². The summed E-state index contributed by atoms with van der Waals surface area (Å²) in [4.78, 5) is 2.84. The highest BCUT2D eigenvalue weighted by atomic mass is 35.5. The van der Waals surface area contributed by atoms with Crippen LogP contribution in [0.5, 0.6) is 5.88 Å². The van der Waals surface area contributed by atoms with Gasteiger partial charge in [-0.05, 0) is 22.9 Å². The lowest BCUT2D eigenvalue weighted by Crippen LogP contribution is -2.00. The number of fused-ring (bicyclic) bond motifs is 2. The highest BCUT2D eigenvalue weighted by Crippen LogP contribution is 2.32. The zero-order valence-corrected chi connectivity index (χ0v) is 17.3. The summed E-state index contributed by atoms with van der Waals surface area (Å²) in [5, 5.41) is 32.3. The minimum absolute atomic E-state index is 0.123. The van der Waals surface area contributed by atoms with Gasteiger partial charge in [0.15, 0.2) is 16.5 Å². The zero-order chi connectivity index (χ0) is 21.7. The molecule has 7 nitrogen and oxygen atoms in total. The van der Waals surface area contributed by atoms with Gasteiger partial charge in [-0.25, -0.2) is 0 Å². The number of benzene rings is 4. The van der Waals surface area contributed by atoms with Crippen molar-refractivity contribution in [3.05, 3.63) is 90.1 Å². The van der Waals surface area contributed by atoms with Crippen molar-refractivity contribution in [2.45, 2.75) is 0 Å². The molecular formula is C24H15ClN6O. The normalized spacial score (nSPS) is 11.4. The Balaban J connectivity index is 1.48. The Bertz CT molecular complexity index is 1490. The van der Waals surface area contributed by atoms with Crippen LogP contribution in [0.4, 0.5) is 0 Å². The highest BCUT2D eigenvalue weighted by molar-refractivity contribution is 6.31. The van der Waals surface area contributed by atoms with Crippen LogP contribution in [0.2, 0.25) is 5.15 Å². The fourth-order valence-electron chi connectivity index (χ4n) is 3.87. The molecular weight excluding hydrogens is 424 g/mol. The summed E-state index contributed by atoms with van der Waals surface area (Å²) < 4.78 is 0. The Hall–Kier alpha value is -4.23. The van der Waals surface area contributed by atoms with E-state index < -0.39 is 0 Å². The standard InChI is InChI=1S/C24H15ClN6O/c25-23-21(26-30(28-23)19-13-5-9-15-7-1-3-11-17(15)19)22-24(32)29-31(27-22)20-14-6-10-16-8-2-4-12-18(16)20/h1-14H,(H,29,32). The van der Waals surface area contributed by atoms with Crippen LogP contribution in [0.1, 0.15) is 0 Å². The number of aromatic nitrogens is 6. The van der Waals surface area contributed by atoms with Gasteiger partial charge in [-0.1, -0.05) is 84.4 Å². The fourth-order valence-corrected chi connectivity index (χ4v) is 4.07. The molecule has 0 spiro atoms. The average Bonchev–Trinajstić information content (AvgIpc) is 3.40. The first-order chi connectivity index (χ1) is 15.7. The molecule has 1 N–H and O–H groups in total. The Morgan fingerprint density at radius 2 is 1.06 bits per heavy atom. The molecule has 0 bridgehead atoms. The summed E-state index contributed by atoms with van der Waals surface area (Å²) in [6.07, 6.45) is 0. The summed E-state index contributed by atoms with van der Waals surface area (Å²) in [5.41, 5.74) is 1.93. The maximum Gasteiger partial charge on any atom is 0.261 e. The molecule has 8 heteroatoms. The minimum atomic E-state index is -0.273. The van der Waals surface area contributed by atoms with E-state index in [-0.39, 0.29) is 22.4 Å². The van der Waals surface area contributed by atoms with Crippen LogP contribution in [-0.4, -0.2) is 35.1 Å². The van der Waals surface area contributed by atoms with Crippen LogP contribution in [-0.2, 0) is 0 Å². The Morgan fingerprint density at radius 3 is 1.69 bits per heavy atom. The second-order valence-corrected chi connectivity index (χ2v) is 7.65. The first-order valence-corrected chi connectivity index (χ1v) is 10.3. The molecule has 4 aromatic carbocycles. The largest absolute Gasteiger partial charge is 0.491 e. The molecule has 32 heavy (non-hydrogen) atoms. The maximum atomic E-state index is 10.6. The van der Waals surface area contributed by atoms with Gasteiger partial charge in [0.1, 0.15) is 0 Å². The summed E-state index contributed by atoms with van der Waals surface area (Å²) in [6, 6.07) is 27.5. The van der Waals surface area contributed by atoms with Gasteiger partial charge in [0.25, 0.3) is 5.88 Å². The molecule has 154 valence electrons. The summed E-state index contributed by atoms with van der Waals surface area (Å²) in [7, 11) is 0. The number of rotatable bonds is 3. The number of aromatic hydroxyl groups is 1. The minimum Gasteiger partial charge on any atom is -0.491 e. The van der Waals surface area contributed by atoms with Crippen molar-refractivity contribution < 1.29 is 5.11 Å². The zero-order valence-electron chi connectivity index (χ0n) is 16.6. The van der Waals surface area contributed by atoms with Crippen LogP contribution in [0.15, 0.2) is 84.9 Å². The van der Waals surface area contributed by atoms with Crippen molar-refractivity contribution in [1.29, 1.82) is 0 Å². The molecule has 6 rings (SSSR count). The lowest BCUT2D eigenvalue weighted by atomic mass is 10.1. The molecule has 0 atom stereocenters. The summed E-state index contributed by atoms with van der Waals surface area (Å²) >= 11 is 6.42. The van der Waals surface area contributed by atoms with Crippen LogP contribution < -0.4 is 0 Å². The molecule has 0 radical (unpaired) electrons. The van der Waals surface area contributed by atoms with E-state index in [0.29, 0.717) is 0 Å². The van der Waals surface area contributed by atoms with Gasteiger partial charge in [-0.3, -0.25) is 0 Å². The fraction of sp³-hybridized carbons (Fsp3) is 0. The van der Waals surface area contributed by atoms with Crippen LogP contribution >= 0.6 is 11.6 Å². The molecule has 0 saturated heterocycles. The van der Waals surface area contributed by atoms with Gasteiger partial charge >= 0.3 is 0 Å². The summed E-state index contributed by atoms with van der Waals surface area (Å²) in [6.45, 7) is 0. The number of halogens is 1. The lowest BCUT2D eigenvalue weighted by molar-refractivity contribution is 0.449. The van der Waals surface area contributed by atoms with Crippen molar-refractivity contribution in [3.8, 4) is 28.6 Å². The Morgan fingerprint density at radius 1 is 0.562 bits per heavy atom. The Labute approximate surface area is 187 Å². The van der Waals surface area contributed by atoms with E-state index in [1.807, 2.05) is 84.9 Å². The SMILES string of the molecule is Oc1nn(-c2cccc3ccccc23)nc1-c1nn(-c2cccc3ccccc23)nc1Cl. The van der Waals surface area contributed by atoms with Crippen molar-refractivity contribution in [2.24, 2.45) is 0 Å². The van der Waals surface area contributed by atoms with Gasteiger partial charge in [0.05, 0.1) is 11.4 Å². The third-order valence-corrected chi connectivity index (χ3v) is 5.61. The molecule has 2 heterocycles. The molecule has 0 saturated carbocycles. The van der Waals surface area contributed by atoms with Crippen molar-refractivity contribution >= 4 is 33.1 Å². The van der Waals surface area contributed by atoms with E-state index >= 15 is 0 Å². The third-order valence-electron chi connectivity index (χ3n) is 5.36. The van der Waals surface area contributed by atoms with Gasteiger partial charge in [-0.15, -0.1) is 30.0 Å². The smallest absolute Gasteiger partial charge is 0.261 e. The van der Waals surface area contributed by atoms with Gasteiger partial charge in [0.2, 0.25) is 0 Å². The summed E-state index contributed by atoms with van der Waals surface area (Å²) in [5.74, 6) is -0.273. The van der Waals surface area contributed by atoms with Crippen molar-refractivity contribution in [2.75, 3.05) is 0 Å². The number of nitrogens with zero attached hydrogens (tertiary/aromatic N) is 6. The first-order valence-electron chi connectivity index (χ1n) is 9.95. The molecule has 0 fully saturated rings. The topological polar surface area (TPSA) is 81.7 Å². The van der Waals surface area contributed by atoms with Crippen LogP contribution in [0, 0.1) is 0 Å². The molecule has 0 aliphatic heterocycles. The monoisotopic (exact) mass is 438 g/mol.